The van der Waals surface area contributed by atoms with Crippen molar-refractivity contribution in [1.82, 2.24) is 19.7 Å². The van der Waals surface area contributed by atoms with Gasteiger partial charge in [-0.05, 0) is 19.9 Å². The largest absolute Gasteiger partial charge is 0.364 e. The monoisotopic (exact) mass is 247 g/mol. The number of rotatable bonds is 3. The molecule has 0 aromatic carbocycles. The fourth-order valence-electron chi connectivity index (χ4n) is 1.55. The third-order valence-electron chi connectivity index (χ3n) is 2.43. The van der Waals surface area contributed by atoms with E-state index < -0.39 is 5.91 Å². The predicted molar refractivity (Wildman–Crippen MR) is 65.0 cm³/mol. The molecular formula is C10H13N7O. The molecule has 5 N–H and O–H groups in total. The Balaban J connectivity index is 2.55. The number of nitrogen functional groups attached to an aromatic ring is 1. The summed E-state index contributed by atoms with van der Waals surface area (Å²) in [7, 11) is 0. The smallest absolute Gasteiger partial charge is 0.269 e. The molecule has 0 spiro atoms. The van der Waals surface area contributed by atoms with Gasteiger partial charge in [0.15, 0.2) is 5.82 Å². The number of carbonyl (C=O) groups excluding carboxylic acids is 1. The molecule has 1 amide bonds. The molecule has 0 unspecified atom stereocenters. The Labute approximate surface area is 103 Å². The van der Waals surface area contributed by atoms with Gasteiger partial charge in [-0.1, -0.05) is 0 Å². The molecule has 2 rings (SSSR count). The molecule has 0 saturated heterocycles. The zero-order valence-electron chi connectivity index (χ0n) is 10.0. The molecule has 0 bridgehead atoms. The Hall–Kier alpha value is -2.48. The predicted octanol–water partition coefficient (Wildman–Crippen LogP) is -0.336. The first kappa shape index (κ1) is 12.0. The molecule has 0 aliphatic carbocycles. The highest BCUT2D eigenvalue weighted by Crippen LogP contribution is 2.17. The lowest BCUT2D eigenvalue weighted by Gasteiger charge is -2.10. The average molecular weight is 247 g/mol. The van der Waals surface area contributed by atoms with Gasteiger partial charge in [-0.25, -0.2) is 20.5 Å². The second-order valence-electron chi connectivity index (χ2n) is 3.72. The van der Waals surface area contributed by atoms with Crippen molar-refractivity contribution in [2.75, 3.05) is 5.43 Å². The molecule has 0 saturated carbocycles. The van der Waals surface area contributed by atoms with Gasteiger partial charge in [0.2, 0.25) is 0 Å². The van der Waals surface area contributed by atoms with Crippen molar-refractivity contribution >= 4 is 11.7 Å². The summed E-state index contributed by atoms with van der Waals surface area (Å²) in [5.41, 5.74) is 8.54. The topological polar surface area (TPSA) is 125 Å². The molecule has 94 valence electrons. The van der Waals surface area contributed by atoms with Crippen LogP contribution in [0.15, 0.2) is 12.3 Å². The van der Waals surface area contributed by atoms with Gasteiger partial charge >= 0.3 is 0 Å². The van der Waals surface area contributed by atoms with Gasteiger partial charge in [-0.2, -0.15) is 5.10 Å². The number of amides is 1. The van der Waals surface area contributed by atoms with Crippen molar-refractivity contribution in [1.29, 1.82) is 0 Å². The minimum Gasteiger partial charge on any atom is -0.364 e. The summed E-state index contributed by atoms with van der Waals surface area (Å²) in [5, 5.41) is 4.04. The number of aromatic nitrogens is 4. The fourth-order valence-corrected chi connectivity index (χ4v) is 1.55. The summed E-state index contributed by atoms with van der Waals surface area (Å²) in [6, 6.07) is 1.52. The van der Waals surface area contributed by atoms with Gasteiger partial charge in [-0.15, -0.1) is 0 Å². The lowest BCUT2D eigenvalue weighted by atomic mass is 10.3. The second kappa shape index (κ2) is 4.41. The number of carbonyl (C=O) groups is 1. The molecule has 2 heterocycles. The van der Waals surface area contributed by atoms with E-state index in [4.69, 9.17) is 11.6 Å². The number of nitrogens with zero attached hydrogens (tertiary/aromatic N) is 4. The second-order valence-corrected chi connectivity index (χ2v) is 3.72. The lowest BCUT2D eigenvalue weighted by Crippen LogP contribution is -2.15. The van der Waals surface area contributed by atoms with E-state index in [9.17, 15) is 4.79 Å². The van der Waals surface area contributed by atoms with Crippen LogP contribution >= 0.6 is 0 Å². The third kappa shape index (κ3) is 2.00. The van der Waals surface area contributed by atoms with Gasteiger partial charge < -0.3 is 11.2 Å². The highest BCUT2D eigenvalue weighted by Gasteiger charge is 2.12. The van der Waals surface area contributed by atoms with Crippen molar-refractivity contribution in [3.05, 3.63) is 29.3 Å². The lowest BCUT2D eigenvalue weighted by molar-refractivity contribution is 0.0995. The summed E-state index contributed by atoms with van der Waals surface area (Å²) in [6.07, 6.45) is 1.61. The number of nitrogens with one attached hydrogen (secondary N) is 1. The van der Waals surface area contributed by atoms with Crippen molar-refractivity contribution in [2.45, 2.75) is 13.8 Å². The summed E-state index contributed by atoms with van der Waals surface area (Å²) in [5.74, 6) is 6.38. The Kier molecular flexibility index (Phi) is 2.94. The number of aryl methyl sites for hydroxylation is 1. The maximum absolute atomic E-state index is 11.0. The van der Waals surface area contributed by atoms with Crippen LogP contribution in [0.3, 0.4) is 0 Å². The Bertz CT molecular complexity index is 604. The van der Waals surface area contributed by atoms with E-state index in [1.807, 2.05) is 0 Å². The van der Waals surface area contributed by atoms with E-state index in [1.54, 1.807) is 20.0 Å². The molecule has 8 nitrogen and oxygen atoms in total. The minimum absolute atomic E-state index is 0.174. The van der Waals surface area contributed by atoms with Crippen LogP contribution in [-0.4, -0.2) is 25.7 Å². The summed E-state index contributed by atoms with van der Waals surface area (Å²) >= 11 is 0. The summed E-state index contributed by atoms with van der Waals surface area (Å²) < 4.78 is 1.46. The quantitative estimate of drug-likeness (QED) is 0.503. The number of primary amides is 1. The maximum Gasteiger partial charge on any atom is 0.269 e. The van der Waals surface area contributed by atoms with Gasteiger partial charge in [0.1, 0.15) is 17.3 Å². The summed E-state index contributed by atoms with van der Waals surface area (Å²) in [6.45, 7) is 3.54. The van der Waals surface area contributed by atoms with E-state index in [0.717, 1.165) is 5.56 Å². The SMILES string of the molecule is Cc1nc(NN)c(C)c(-n2ccc(C(N)=O)n2)n1. The van der Waals surface area contributed by atoms with Crippen LogP contribution in [-0.2, 0) is 0 Å². The van der Waals surface area contributed by atoms with E-state index in [1.165, 1.54) is 10.7 Å². The number of hydrogen-bond acceptors (Lipinski definition) is 6. The van der Waals surface area contributed by atoms with E-state index in [0.29, 0.717) is 17.5 Å². The van der Waals surface area contributed by atoms with Gasteiger partial charge in [-0.3, -0.25) is 4.79 Å². The minimum atomic E-state index is -0.589. The van der Waals surface area contributed by atoms with Gasteiger partial charge in [0.25, 0.3) is 5.91 Å². The van der Waals surface area contributed by atoms with Crippen LogP contribution < -0.4 is 17.0 Å². The number of hydrazine groups is 1. The molecule has 0 radical (unpaired) electrons. The molecule has 2 aromatic heterocycles. The molecule has 0 aliphatic heterocycles. The van der Waals surface area contributed by atoms with Crippen molar-refractivity contribution < 1.29 is 4.79 Å². The van der Waals surface area contributed by atoms with Crippen LogP contribution in [0, 0.1) is 13.8 Å². The van der Waals surface area contributed by atoms with Crippen LogP contribution in [0.1, 0.15) is 21.9 Å². The zero-order valence-corrected chi connectivity index (χ0v) is 10.0. The standard InChI is InChI=1S/C10H13N7O/c1-5-9(15-12)13-6(2)14-10(5)17-4-3-7(16-17)8(11)18/h3-4H,12H2,1-2H3,(H2,11,18)(H,13,14,15). The fraction of sp³-hybridized carbons (Fsp3) is 0.200. The molecular weight excluding hydrogens is 234 g/mol. The van der Waals surface area contributed by atoms with Crippen LogP contribution in [0.4, 0.5) is 5.82 Å². The van der Waals surface area contributed by atoms with Crippen LogP contribution in [0.5, 0.6) is 0 Å². The van der Waals surface area contributed by atoms with E-state index in [-0.39, 0.29) is 5.69 Å². The van der Waals surface area contributed by atoms with E-state index in [2.05, 4.69) is 20.5 Å². The van der Waals surface area contributed by atoms with Crippen molar-refractivity contribution in [2.24, 2.45) is 11.6 Å². The van der Waals surface area contributed by atoms with E-state index >= 15 is 0 Å². The summed E-state index contributed by atoms with van der Waals surface area (Å²) in [4.78, 5) is 19.4. The Morgan fingerprint density at radius 2 is 2.11 bits per heavy atom. The highest BCUT2D eigenvalue weighted by atomic mass is 16.1. The molecule has 0 fully saturated rings. The maximum atomic E-state index is 11.0. The first-order chi connectivity index (χ1) is 8.52. The Morgan fingerprint density at radius 1 is 1.39 bits per heavy atom. The van der Waals surface area contributed by atoms with Gasteiger partial charge in [0, 0.05) is 11.8 Å². The number of nitrogens with two attached hydrogens (primary N) is 2. The molecule has 0 atom stereocenters. The average Bonchev–Trinajstić information content (AvgIpc) is 2.81. The van der Waals surface area contributed by atoms with Crippen LogP contribution in [0.25, 0.3) is 5.82 Å². The highest BCUT2D eigenvalue weighted by molar-refractivity contribution is 5.90. The molecule has 18 heavy (non-hydrogen) atoms. The third-order valence-corrected chi connectivity index (χ3v) is 2.43. The number of anilines is 1. The first-order valence-electron chi connectivity index (χ1n) is 5.20. The first-order valence-corrected chi connectivity index (χ1v) is 5.20. The van der Waals surface area contributed by atoms with Crippen molar-refractivity contribution in [3.63, 3.8) is 0 Å². The molecule has 2 aromatic rings. The molecule has 8 heteroatoms. The van der Waals surface area contributed by atoms with Gasteiger partial charge in [0.05, 0.1) is 0 Å². The Morgan fingerprint density at radius 3 is 2.67 bits per heavy atom. The molecule has 0 aliphatic rings. The van der Waals surface area contributed by atoms with Crippen LogP contribution in [0.2, 0.25) is 0 Å². The zero-order chi connectivity index (χ0) is 13.3. The number of hydrogen-bond donors (Lipinski definition) is 3. The normalized spacial score (nSPS) is 10.4. The van der Waals surface area contributed by atoms with Crippen molar-refractivity contribution in [3.8, 4) is 5.82 Å².